The van der Waals surface area contributed by atoms with Gasteiger partial charge in [-0.3, -0.25) is 0 Å². The SMILES string of the molecule is [2H]c1c([2H])c(-c2cccc3c4ccc5ccccc5c4n(-c4ccccc4)c23)c([2H])c2c1Oc1cccc3cccc-2c13. The normalized spacial score (nSPS) is 13.2. The van der Waals surface area contributed by atoms with Gasteiger partial charge in [-0.1, -0.05) is 109 Å². The Kier molecular flexibility index (Phi) is 3.80. The molecular formula is C38H23NO. The number of para-hydroxylation sites is 2. The fourth-order valence-electron chi connectivity index (χ4n) is 6.37. The van der Waals surface area contributed by atoms with Gasteiger partial charge >= 0.3 is 0 Å². The average Bonchev–Trinajstić information content (AvgIpc) is 3.40. The van der Waals surface area contributed by atoms with Gasteiger partial charge in [-0.15, -0.1) is 0 Å². The number of hydrogen-bond acceptors (Lipinski definition) is 1. The number of ether oxygens (including phenoxy) is 1. The van der Waals surface area contributed by atoms with E-state index in [9.17, 15) is 2.74 Å². The summed E-state index contributed by atoms with van der Waals surface area (Å²) in [6, 6.07) is 41.1. The molecule has 0 spiro atoms. The van der Waals surface area contributed by atoms with Gasteiger partial charge in [-0.2, -0.15) is 0 Å². The lowest BCUT2D eigenvalue weighted by atomic mass is 9.92. The first-order chi connectivity index (χ1) is 21.1. The molecule has 0 atom stereocenters. The third kappa shape index (κ3) is 2.93. The van der Waals surface area contributed by atoms with Crippen LogP contribution in [0.25, 0.3) is 71.3 Å². The molecule has 0 aliphatic carbocycles. The average molecular weight is 513 g/mol. The molecule has 0 amide bonds. The van der Waals surface area contributed by atoms with Crippen molar-refractivity contribution in [1.29, 1.82) is 0 Å². The van der Waals surface area contributed by atoms with Crippen molar-refractivity contribution >= 4 is 43.4 Å². The molecule has 2 nitrogen and oxygen atoms in total. The fraction of sp³-hybridized carbons (Fsp3) is 0. The molecular weight excluding hydrogens is 486 g/mol. The highest BCUT2D eigenvalue weighted by Gasteiger charge is 2.22. The van der Waals surface area contributed by atoms with Crippen LogP contribution in [0.3, 0.4) is 0 Å². The third-order valence-electron chi connectivity index (χ3n) is 8.08. The van der Waals surface area contributed by atoms with Crippen LogP contribution in [0, 0.1) is 0 Å². The van der Waals surface area contributed by atoms with Crippen molar-refractivity contribution in [3.63, 3.8) is 0 Å². The summed E-state index contributed by atoms with van der Waals surface area (Å²) in [5, 5.41) is 6.35. The van der Waals surface area contributed by atoms with Gasteiger partial charge in [-0.05, 0) is 52.2 Å². The van der Waals surface area contributed by atoms with Crippen LogP contribution in [-0.2, 0) is 0 Å². The zero-order valence-electron chi connectivity index (χ0n) is 24.4. The molecule has 0 saturated heterocycles. The van der Waals surface area contributed by atoms with Crippen molar-refractivity contribution in [2.75, 3.05) is 0 Å². The summed E-state index contributed by atoms with van der Waals surface area (Å²) in [7, 11) is 0. The second kappa shape index (κ2) is 8.08. The Morgan fingerprint density at radius 1 is 0.500 bits per heavy atom. The van der Waals surface area contributed by atoms with Crippen molar-refractivity contribution in [1.82, 2.24) is 4.57 Å². The molecule has 0 radical (unpaired) electrons. The van der Waals surface area contributed by atoms with Crippen LogP contribution in [0.5, 0.6) is 11.5 Å². The minimum atomic E-state index is -0.0164. The fourth-order valence-corrected chi connectivity index (χ4v) is 6.37. The first-order valence-corrected chi connectivity index (χ1v) is 13.5. The number of nitrogens with zero attached hydrogens (tertiary/aromatic N) is 1. The lowest BCUT2D eigenvalue weighted by Crippen LogP contribution is -1.98. The van der Waals surface area contributed by atoms with Crippen LogP contribution in [0.1, 0.15) is 4.11 Å². The summed E-state index contributed by atoms with van der Waals surface area (Å²) in [6.45, 7) is 0. The van der Waals surface area contributed by atoms with Crippen molar-refractivity contribution in [3.05, 3.63) is 139 Å². The van der Waals surface area contributed by atoms with E-state index < -0.39 is 0 Å². The number of fused-ring (bicyclic) bond motifs is 7. The first-order valence-electron chi connectivity index (χ1n) is 15.0. The lowest BCUT2D eigenvalue weighted by Gasteiger charge is -2.22. The predicted octanol–water partition coefficient (Wildman–Crippen LogP) is 10.5. The van der Waals surface area contributed by atoms with E-state index in [2.05, 4.69) is 59.2 Å². The maximum atomic E-state index is 9.63. The monoisotopic (exact) mass is 512 g/mol. The van der Waals surface area contributed by atoms with Crippen LogP contribution in [0.2, 0.25) is 0 Å². The minimum Gasteiger partial charge on any atom is -0.456 e. The van der Waals surface area contributed by atoms with Gasteiger partial charge in [0, 0.05) is 38.4 Å². The molecule has 186 valence electrons. The van der Waals surface area contributed by atoms with Crippen LogP contribution >= 0.6 is 0 Å². The molecule has 2 heterocycles. The molecule has 0 unspecified atom stereocenters. The molecule has 0 N–H and O–H groups in total. The van der Waals surface area contributed by atoms with E-state index in [1.54, 1.807) is 0 Å². The van der Waals surface area contributed by atoms with E-state index in [1.165, 1.54) is 0 Å². The molecule has 9 rings (SSSR count). The molecule has 0 saturated carbocycles. The van der Waals surface area contributed by atoms with Crippen molar-refractivity contribution in [3.8, 4) is 39.4 Å². The summed E-state index contributed by atoms with van der Waals surface area (Å²) in [4.78, 5) is 0. The van der Waals surface area contributed by atoms with Gasteiger partial charge < -0.3 is 9.30 Å². The quantitative estimate of drug-likeness (QED) is 0.225. The third-order valence-corrected chi connectivity index (χ3v) is 8.08. The maximum absolute atomic E-state index is 9.63. The molecule has 1 aromatic heterocycles. The molecule has 40 heavy (non-hydrogen) atoms. The van der Waals surface area contributed by atoms with E-state index in [0.29, 0.717) is 16.9 Å². The number of aromatic nitrogens is 1. The zero-order valence-corrected chi connectivity index (χ0v) is 21.4. The molecule has 1 aliphatic rings. The molecule has 1 aliphatic heterocycles. The molecule has 8 aromatic rings. The van der Waals surface area contributed by atoms with Gasteiger partial charge in [0.25, 0.3) is 0 Å². The highest BCUT2D eigenvalue weighted by Crippen LogP contribution is 2.48. The molecule has 0 fully saturated rings. The molecule has 7 aromatic carbocycles. The van der Waals surface area contributed by atoms with E-state index in [0.717, 1.165) is 60.2 Å². The Hall–Kier alpha value is -5.34. The van der Waals surface area contributed by atoms with Crippen LogP contribution < -0.4 is 4.74 Å². The van der Waals surface area contributed by atoms with Gasteiger partial charge in [0.15, 0.2) is 0 Å². The van der Waals surface area contributed by atoms with Crippen LogP contribution in [-0.4, -0.2) is 4.57 Å². The van der Waals surface area contributed by atoms with Gasteiger partial charge in [0.05, 0.1) is 15.1 Å². The second-order valence-electron chi connectivity index (χ2n) is 10.3. The summed E-state index contributed by atoms with van der Waals surface area (Å²) in [5.41, 5.74) is 5.58. The minimum absolute atomic E-state index is 0.0162. The lowest BCUT2D eigenvalue weighted by molar-refractivity contribution is 0.487. The second-order valence-corrected chi connectivity index (χ2v) is 10.3. The highest BCUT2D eigenvalue weighted by molar-refractivity contribution is 6.21. The predicted molar refractivity (Wildman–Crippen MR) is 167 cm³/mol. The van der Waals surface area contributed by atoms with Gasteiger partial charge in [-0.25, -0.2) is 0 Å². The maximum Gasteiger partial charge on any atom is 0.135 e. The first kappa shape index (κ1) is 18.8. The standard InChI is InChI=1S/C38H23NO/c1-2-12-27(13-3-1)39-37-28-14-5-4-9-24(28)19-21-32(37)31-17-8-15-29(38(31)39)26-20-22-34-33(23-26)30-16-6-10-25-11-7-18-35(40-34)36(25)30/h1-23H/i20D,22D,23D. The van der Waals surface area contributed by atoms with E-state index >= 15 is 0 Å². The van der Waals surface area contributed by atoms with Gasteiger partial charge in [0.1, 0.15) is 11.5 Å². The van der Waals surface area contributed by atoms with Crippen molar-refractivity contribution in [2.24, 2.45) is 0 Å². The smallest absolute Gasteiger partial charge is 0.135 e. The Labute approximate surface area is 235 Å². The van der Waals surface area contributed by atoms with E-state index in [4.69, 9.17) is 6.11 Å². The molecule has 2 heteroatoms. The highest BCUT2D eigenvalue weighted by atomic mass is 16.5. The topological polar surface area (TPSA) is 14.2 Å². The Balaban J connectivity index is 1.46. The number of rotatable bonds is 2. The summed E-state index contributed by atoms with van der Waals surface area (Å²) in [6.07, 6.45) is 0. The van der Waals surface area contributed by atoms with Crippen LogP contribution in [0.15, 0.2) is 139 Å². The summed E-state index contributed by atoms with van der Waals surface area (Å²) >= 11 is 0. The summed E-state index contributed by atoms with van der Waals surface area (Å²) in [5.74, 6) is 0.922. The zero-order chi connectivity index (χ0) is 28.8. The van der Waals surface area contributed by atoms with Crippen molar-refractivity contribution in [2.45, 2.75) is 0 Å². The number of hydrogen-bond donors (Lipinski definition) is 0. The van der Waals surface area contributed by atoms with E-state index in [-0.39, 0.29) is 23.9 Å². The largest absolute Gasteiger partial charge is 0.456 e. The van der Waals surface area contributed by atoms with Crippen LogP contribution in [0.4, 0.5) is 0 Å². The summed E-state index contributed by atoms with van der Waals surface area (Å²) < 4.78 is 36.6. The van der Waals surface area contributed by atoms with Gasteiger partial charge in [0.2, 0.25) is 0 Å². The number of benzene rings is 7. The molecule has 0 bridgehead atoms. The van der Waals surface area contributed by atoms with Crippen molar-refractivity contribution < 1.29 is 8.85 Å². The van der Waals surface area contributed by atoms with E-state index in [1.807, 2.05) is 66.7 Å². The Morgan fingerprint density at radius 3 is 2.15 bits per heavy atom. The Morgan fingerprint density at radius 2 is 1.23 bits per heavy atom. The Bertz CT molecular complexity index is 2460.